The molecule has 0 saturated heterocycles. The fourth-order valence-electron chi connectivity index (χ4n) is 2.57. The first kappa shape index (κ1) is 21.5. The summed E-state index contributed by atoms with van der Waals surface area (Å²) in [6, 6.07) is 11.0. The first-order valence-corrected chi connectivity index (χ1v) is 11.5. The van der Waals surface area contributed by atoms with Crippen LogP contribution in [0.25, 0.3) is 0 Å². The van der Waals surface area contributed by atoms with E-state index in [1.807, 2.05) is 0 Å². The molecular formula is C18H23FN2O4S2. The highest BCUT2D eigenvalue weighted by atomic mass is 32.2. The third-order valence-corrected chi connectivity index (χ3v) is 7.64. The van der Waals surface area contributed by atoms with Crippen molar-refractivity contribution in [2.24, 2.45) is 0 Å². The maximum absolute atomic E-state index is 12.9. The monoisotopic (exact) mass is 414 g/mol. The lowest BCUT2D eigenvalue weighted by atomic mass is 10.2. The van der Waals surface area contributed by atoms with E-state index >= 15 is 0 Å². The van der Waals surface area contributed by atoms with Gasteiger partial charge in [-0.15, -0.1) is 0 Å². The van der Waals surface area contributed by atoms with Crippen molar-refractivity contribution in [3.63, 3.8) is 0 Å². The van der Waals surface area contributed by atoms with Crippen molar-refractivity contribution < 1.29 is 21.2 Å². The highest BCUT2D eigenvalue weighted by Crippen LogP contribution is 2.16. The molecule has 0 spiro atoms. The molecule has 2 aromatic rings. The van der Waals surface area contributed by atoms with Crippen LogP contribution in [0.5, 0.6) is 0 Å². The molecule has 0 unspecified atom stereocenters. The van der Waals surface area contributed by atoms with Gasteiger partial charge in [0.2, 0.25) is 20.0 Å². The predicted molar refractivity (Wildman–Crippen MR) is 102 cm³/mol. The Morgan fingerprint density at radius 1 is 0.852 bits per heavy atom. The Morgan fingerprint density at radius 2 is 1.37 bits per heavy atom. The average molecular weight is 415 g/mol. The molecule has 27 heavy (non-hydrogen) atoms. The molecule has 0 saturated carbocycles. The first-order valence-electron chi connectivity index (χ1n) is 8.55. The third kappa shape index (κ3) is 5.35. The maximum Gasteiger partial charge on any atom is 0.243 e. The van der Waals surface area contributed by atoms with Gasteiger partial charge >= 0.3 is 0 Å². The van der Waals surface area contributed by atoms with Gasteiger partial charge in [0.25, 0.3) is 0 Å². The molecule has 0 amide bonds. The summed E-state index contributed by atoms with van der Waals surface area (Å²) in [6.45, 7) is 4.49. The number of sulfonamides is 2. The molecule has 9 heteroatoms. The van der Waals surface area contributed by atoms with Gasteiger partial charge in [-0.05, 0) is 48.4 Å². The van der Waals surface area contributed by atoms with E-state index in [0.717, 1.165) is 17.7 Å². The Kier molecular flexibility index (Phi) is 7.10. The lowest BCUT2D eigenvalue weighted by Gasteiger charge is -2.18. The van der Waals surface area contributed by atoms with Gasteiger partial charge in [-0.25, -0.2) is 25.9 Å². The van der Waals surface area contributed by atoms with E-state index in [1.165, 1.54) is 28.6 Å². The standard InChI is InChI=1S/C18H23FN2O4S2/c1-3-21(4-2)27(24,25)18-9-5-15(6-10-18)13-14-20-26(22,23)17-11-7-16(19)8-12-17/h5-12,20H,3-4,13-14H2,1-2H3. The number of nitrogens with one attached hydrogen (secondary N) is 1. The second-order valence-corrected chi connectivity index (χ2v) is 9.54. The molecule has 0 aliphatic rings. The lowest BCUT2D eigenvalue weighted by molar-refractivity contribution is 0.445. The quantitative estimate of drug-likeness (QED) is 0.683. The van der Waals surface area contributed by atoms with E-state index in [0.29, 0.717) is 19.5 Å². The Labute approximate surface area is 160 Å². The molecular weight excluding hydrogens is 391 g/mol. The minimum absolute atomic E-state index is 0.00966. The Morgan fingerprint density at radius 3 is 1.89 bits per heavy atom. The number of nitrogens with zero attached hydrogens (tertiary/aromatic N) is 1. The average Bonchev–Trinajstić information content (AvgIpc) is 2.63. The number of benzene rings is 2. The van der Waals surface area contributed by atoms with Gasteiger partial charge in [0, 0.05) is 19.6 Å². The summed E-state index contributed by atoms with van der Waals surface area (Å²) >= 11 is 0. The van der Waals surface area contributed by atoms with Gasteiger partial charge in [-0.3, -0.25) is 0 Å². The maximum atomic E-state index is 12.9. The summed E-state index contributed by atoms with van der Waals surface area (Å²) < 4.78 is 65.9. The largest absolute Gasteiger partial charge is 0.243 e. The number of halogens is 1. The third-order valence-electron chi connectivity index (χ3n) is 4.10. The summed E-state index contributed by atoms with van der Waals surface area (Å²) in [5.74, 6) is -0.506. The van der Waals surface area contributed by atoms with Crippen LogP contribution in [0.1, 0.15) is 19.4 Å². The molecule has 2 rings (SSSR count). The molecule has 0 bridgehead atoms. The lowest BCUT2D eigenvalue weighted by Crippen LogP contribution is -2.30. The van der Waals surface area contributed by atoms with E-state index in [1.54, 1.807) is 26.0 Å². The molecule has 2 aromatic carbocycles. The fraction of sp³-hybridized carbons (Fsp3) is 0.333. The minimum atomic E-state index is -3.72. The summed E-state index contributed by atoms with van der Waals surface area (Å²) in [6.07, 6.45) is 0.395. The van der Waals surface area contributed by atoms with E-state index in [4.69, 9.17) is 0 Å². The van der Waals surface area contributed by atoms with Crippen LogP contribution in [0.3, 0.4) is 0 Å². The molecule has 0 fully saturated rings. The van der Waals surface area contributed by atoms with Gasteiger partial charge in [0.1, 0.15) is 5.82 Å². The first-order chi connectivity index (χ1) is 12.7. The van der Waals surface area contributed by atoms with Crippen molar-refractivity contribution in [2.75, 3.05) is 19.6 Å². The van der Waals surface area contributed by atoms with Crippen molar-refractivity contribution in [3.8, 4) is 0 Å². The van der Waals surface area contributed by atoms with Crippen LogP contribution in [0, 0.1) is 5.82 Å². The smallest absolute Gasteiger partial charge is 0.211 e. The van der Waals surface area contributed by atoms with Crippen LogP contribution in [-0.4, -0.2) is 40.8 Å². The van der Waals surface area contributed by atoms with Crippen molar-refractivity contribution in [1.29, 1.82) is 0 Å². The molecule has 6 nitrogen and oxygen atoms in total. The molecule has 148 valence electrons. The molecule has 0 atom stereocenters. The van der Waals surface area contributed by atoms with E-state index in [9.17, 15) is 21.2 Å². The van der Waals surface area contributed by atoms with Crippen LogP contribution < -0.4 is 4.72 Å². The molecule has 0 aliphatic carbocycles. The van der Waals surface area contributed by atoms with Crippen molar-refractivity contribution in [1.82, 2.24) is 9.03 Å². The van der Waals surface area contributed by atoms with Gasteiger partial charge in [-0.2, -0.15) is 4.31 Å². The molecule has 1 N–H and O–H groups in total. The molecule has 0 aliphatic heterocycles. The zero-order chi connectivity index (χ0) is 20.1. The zero-order valence-corrected chi connectivity index (χ0v) is 16.9. The highest BCUT2D eigenvalue weighted by Gasteiger charge is 2.21. The van der Waals surface area contributed by atoms with Gasteiger partial charge in [0.15, 0.2) is 0 Å². The highest BCUT2D eigenvalue weighted by molar-refractivity contribution is 7.89. The fourth-order valence-corrected chi connectivity index (χ4v) is 5.06. The summed E-state index contributed by atoms with van der Waals surface area (Å²) in [7, 11) is -7.23. The topological polar surface area (TPSA) is 83.6 Å². The molecule has 0 heterocycles. The Bertz CT molecular complexity index is 953. The summed E-state index contributed by atoms with van der Waals surface area (Å²) in [5, 5.41) is 0. The Hall–Kier alpha value is -1.81. The van der Waals surface area contributed by atoms with Gasteiger partial charge < -0.3 is 0 Å². The minimum Gasteiger partial charge on any atom is -0.211 e. The van der Waals surface area contributed by atoms with Crippen LogP contribution in [0.15, 0.2) is 58.3 Å². The number of rotatable bonds is 9. The predicted octanol–water partition coefficient (Wildman–Crippen LogP) is 2.38. The second-order valence-electron chi connectivity index (χ2n) is 5.83. The number of hydrogen-bond acceptors (Lipinski definition) is 4. The van der Waals surface area contributed by atoms with E-state index < -0.39 is 25.9 Å². The van der Waals surface area contributed by atoms with E-state index in [-0.39, 0.29) is 16.3 Å². The van der Waals surface area contributed by atoms with Crippen LogP contribution in [0.4, 0.5) is 4.39 Å². The van der Waals surface area contributed by atoms with Crippen LogP contribution in [-0.2, 0) is 26.5 Å². The Balaban J connectivity index is 2.00. The molecule has 0 radical (unpaired) electrons. The van der Waals surface area contributed by atoms with Gasteiger partial charge in [-0.1, -0.05) is 26.0 Å². The van der Waals surface area contributed by atoms with Crippen molar-refractivity contribution in [2.45, 2.75) is 30.1 Å². The SMILES string of the molecule is CCN(CC)S(=O)(=O)c1ccc(CCNS(=O)(=O)c2ccc(F)cc2)cc1. The van der Waals surface area contributed by atoms with Crippen LogP contribution >= 0.6 is 0 Å². The van der Waals surface area contributed by atoms with E-state index in [2.05, 4.69) is 4.72 Å². The summed E-state index contributed by atoms with van der Waals surface area (Å²) in [5.41, 5.74) is 0.801. The molecule has 0 aromatic heterocycles. The van der Waals surface area contributed by atoms with Crippen molar-refractivity contribution >= 4 is 20.0 Å². The normalized spacial score (nSPS) is 12.4. The van der Waals surface area contributed by atoms with Crippen LogP contribution in [0.2, 0.25) is 0 Å². The zero-order valence-electron chi connectivity index (χ0n) is 15.2. The summed E-state index contributed by atoms with van der Waals surface area (Å²) in [4.78, 5) is 0.200. The second kappa shape index (κ2) is 8.92. The number of hydrogen-bond donors (Lipinski definition) is 1. The van der Waals surface area contributed by atoms with Gasteiger partial charge in [0.05, 0.1) is 9.79 Å². The van der Waals surface area contributed by atoms with Crippen molar-refractivity contribution in [3.05, 3.63) is 59.9 Å².